The minimum atomic E-state index is -2.08. The number of aliphatic hydroxyl groups is 2. The van der Waals surface area contributed by atoms with E-state index in [1.54, 1.807) is 98.0 Å². The number of carbonyl (C=O) groups excluding carboxylic acids is 16. The predicted octanol–water partition coefficient (Wildman–Crippen LogP) is -1.63. The number of nitrogens with two attached hydrogens (primary N) is 3. The lowest BCUT2D eigenvalue weighted by Gasteiger charge is -2.38. The first-order chi connectivity index (χ1) is 63.6. The Bertz CT molecular complexity index is 5240. The molecule has 3 aliphatic heterocycles. The van der Waals surface area contributed by atoms with Crippen molar-refractivity contribution in [3.05, 3.63) is 173 Å². The third-order valence-corrected chi connectivity index (χ3v) is 24.5. The summed E-state index contributed by atoms with van der Waals surface area (Å²) in [5, 5.41) is 66.8. The van der Waals surface area contributed by atoms with Crippen LogP contribution in [0.15, 0.2) is 128 Å². The minimum Gasteiger partial charge on any atom is -0.508 e. The van der Waals surface area contributed by atoms with Gasteiger partial charge in [-0.05, 0) is 89.9 Å². The fraction of sp³-hybridized carbons (Fsp3) is 0.462. The maximum atomic E-state index is 15.7. The van der Waals surface area contributed by atoms with Gasteiger partial charge >= 0.3 is 5.97 Å². The first-order valence-corrected chi connectivity index (χ1v) is 44.9. The lowest BCUT2D eigenvalue weighted by molar-refractivity contribution is -0.152. The molecule has 0 saturated carbocycles. The number of nitrogens with one attached hydrogen (secondary N) is 10. The number of aromatic amines is 1. The van der Waals surface area contributed by atoms with Crippen LogP contribution in [0.25, 0.3) is 10.9 Å². The van der Waals surface area contributed by atoms with Gasteiger partial charge in [0.15, 0.2) is 17.5 Å². The summed E-state index contributed by atoms with van der Waals surface area (Å²) in [6.07, 6.45) is -6.78. The van der Waals surface area contributed by atoms with Crippen LogP contribution in [0.1, 0.15) is 106 Å². The molecule has 43 heteroatoms. The maximum Gasteiger partial charge on any atom is 0.305 e. The number of aliphatic hydroxyl groups excluding tert-OH is 2. The fourth-order valence-corrected chi connectivity index (χ4v) is 17.1. The summed E-state index contributed by atoms with van der Waals surface area (Å²) in [5.41, 5.74) is 18.9. The number of benzene rings is 5. The zero-order valence-electron chi connectivity index (χ0n) is 74.7. The molecular weight excluding hydrogens is 1770 g/mol. The van der Waals surface area contributed by atoms with Gasteiger partial charge < -0.3 is 115 Å². The molecule has 20 N–H and O–H groups in total. The number of nitrogens with zero attached hydrogens (tertiary/aromatic N) is 5. The van der Waals surface area contributed by atoms with Gasteiger partial charge in [0, 0.05) is 102 Å². The number of carbonyl (C=O) groups is 17. The van der Waals surface area contributed by atoms with E-state index < -0.39 is 290 Å². The normalized spacial score (nSPS) is 24.6. The Hall–Kier alpha value is -13.6. The molecule has 0 bridgehead atoms. The molecule has 9 rings (SSSR count). The molecule has 6 aromatic rings. The Balaban J connectivity index is 1.14. The first kappa shape index (κ1) is 104. The van der Waals surface area contributed by atoms with Crippen LogP contribution < -0.4 is 65.1 Å². The average molecular weight is 1890 g/mol. The minimum absolute atomic E-state index is 0.00578. The van der Waals surface area contributed by atoms with Gasteiger partial charge in [-0.25, -0.2) is 13.2 Å². The highest BCUT2D eigenvalue weighted by molar-refractivity contribution is 8.00. The van der Waals surface area contributed by atoms with Crippen LogP contribution in [0.4, 0.5) is 13.2 Å². The predicted molar refractivity (Wildman–Crippen MR) is 480 cm³/mol. The van der Waals surface area contributed by atoms with Crippen LogP contribution in [0, 0.1) is 23.4 Å². The van der Waals surface area contributed by atoms with Gasteiger partial charge in [-0.3, -0.25) is 81.5 Å². The molecule has 0 radical (unpaired) electrons. The Labute approximate surface area is 773 Å². The van der Waals surface area contributed by atoms with Crippen LogP contribution in [-0.4, -0.2) is 300 Å². The number of hydrogen-bond acceptors (Lipinski definition) is 22. The van der Waals surface area contributed by atoms with Crippen LogP contribution in [-0.2, 0) is 114 Å². The average Bonchev–Trinajstić information content (AvgIpc) is 1.56. The highest BCUT2D eigenvalue weighted by atomic mass is 32.2. The van der Waals surface area contributed by atoms with Crippen LogP contribution >= 0.6 is 11.8 Å². The third-order valence-electron chi connectivity index (χ3n) is 23.5. The number of aromatic nitrogens is 1. The molecule has 16 amide bonds. The van der Waals surface area contributed by atoms with Crippen molar-refractivity contribution in [3.8, 4) is 5.75 Å². The van der Waals surface area contributed by atoms with Crippen molar-refractivity contribution < 1.29 is 115 Å². The number of amides is 16. The van der Waals surface area contributed by atoms with Crippen LogP contribution in [0.3, 0.4) is 0 Å². The number of aromatic hydroxyl groups is 1. The summed E-state index contributed by atoms with van der Waals surface area (Å²) < 4.78 is 45.1. The third kappa shape index (κ3) is 28.5. The molecule has 0 unspecified atom stereocenters. The second-order valence-corrected chi connectivity index (χ2v) is 34.9. The number of phenols is 1. The number of halogens is 3. The number of para-hydroxylation sites is 1. The summed E-state index contributed by atoms with van der Waals surface area (Å²) in [5.74, 6) is -27.0. The van der Waals surface area contributed by atoms with Gasteiger partial charge in [0.1, 0.15) is 84.3 Å². The number of likely N-dealkylation sites (N-methyl/N-ethyl adjacent to an activating group) is 3. The molecule has 0 spiro atoms. The second kappa shape index (κ2) is 48.7. The summed E-state index contributed by atoms with van der Waals surface area (Å²) >= 11 is 0.625. The Morgan fingerprint density at radius 1 is 0.507 bits per heavy atom. The van der Waals surface area contributed by atoms with E-state index in [1.165, 1.54) is 45.2 Å². The molecule has 3 saturated heterocycles. The summed E-state index contributed by atoms with van der Waals surface area (Å²) in [4.78, 5) is 258. The summed E-state index contributed by atoms with van der Waals surface area (Å²) in [6, 6.07) is 6.43. The highest BCUT2D eigenvalue weighted by Crippen LogP contribution is 2.29. The van der Waals surface area contributed by atoms with Crippen molar-refractivity contribution in [3.63, 3.8) is 0 Å². The first-order valence-electron chi connectivity index (χ1n) is 43.7. The molecule has 722 valence electrons. The standard InChI is InChI=1S/C91H115F3N18O21S/c1-7-8-25-68-90(132)112-45-56(115)39-71(112)86(128)104-64(41-76(119)120)83(125)107-78(48(2)3)91(133)109(5)69(35-49-18-11-9-12-19-49)84(126)105-66(40-73(96)116)88(130)111-44-55(114)38-70(111)85(127)103-63(37-53-42-98-60-23-16-15-22-57(53)60)82(124)102-62(33-51-26-28-54(113)29-27-51)81(123)101-61(24-17-30-95)80(122)106-67(79(121)99-43-74(97)117)46-134-47-75(118)100-65(34-52-31-58(92)77(94)59(93)32-52)87(129)110(6)72(89(131)108(68)4)36-50-20-13-10-14-21-50/h9-16,18-23,26-29,31-32,42,48,55-56,61-72,78,98,113-115H,7-8,17,24-25,30,33-41,43-47,95H2,1-6H3,(H2,96,116)(H2,97,117)(H,99,121)(H,100,118)(H,101,123)(H,102,124)(H,103,127)(H,104,128)(H,105,126)(H,106,122)(H,107,125)(H,119,120)/t55-,56-,61+,62+,63+,64+,65+,66+,67+,68+,69-,70-,71-,72+,78+/m1/s1. The quantitative estimate of drug-likeness (QED) is 0.0303. The van der Waals surface area contributed by atoms with Crippen molar-refractivity contribution in [1.82, 2.24) is 77.3 Å². The number of rotatable bonds is 24. The highest BCUT2D eigenvalue weighted by Gasteiger charge is 2.49. The number of aliphatic carboxylic acids is 1. The van der Waals surface area contributed by atoms with Crippen molar-refractivity contribution in [1.29, 1.82) is 0 Å². The van der Waals surface area contributed by atoms with Crippen LogP contribution in [0.2, 0.25) is 0 Å². The number of H-pyrrole nitrogens is 1. The molecule has 5 aromatic carbocycles. The van der Waals surface area contributed by atoms with E-state index in [0.29, 0.717) is 63.5 Å². The molecule has 4 heterocycles. The van der Waals surface area contributed by atoms with E-state index in [2.05, 4.69) is 52.8 Å². The molecule has 1 aromatic heterocycles. The number of carboxylic acid groups (broad SMARTS) is 1. The van der Waals surface area contributed by atoms with E-state index >= 15 is 51.9 Å². The molecule has 3 aliphatic rings. The van der Waals surface area contributed by atoms with Crippen molar-refractivity contribution >= 4 is 123 Å². The van der Waals surface area contributed by atoms with Crippen molar-refractivity contribution in [2.45, 2.75) is 201 Å². The lowest BCUT2D eigenvalue weighted by atomic mass is 9.98. The Kier molecular flexibility index (Phi) is 37.9. The molecule has 15 atom stereocenters. The summed E-state index contributed by atoms with van der Waals surface area (Å²) in [6.45, 7) is 2.59. The van der Waals surface area contributed by atoms with Gasteiger partial charge in [-0.2, -0.15) is 0 Å². The van der Waals surface area contributed by atoms with Gasteiger partial charge in [0.25, 0.3) is 0 Å². The molecule has 39 nitrogen and oxygen atoms in total. The van der Waals surface area contributed by atoms with E-state index in [9.17, 15) is 63.2 Å². The van der Waals surface area contributed by atoms with Gasteiger partial charge in [-0.15, -0.1) is 11.8 Å². The maximum absolute atomic E-state index is 15.7. The Morgan fingerprint density at radius 3 is 1.59 bits per heavy atom. The number of carboxylic acids is 1. The molecular formula is C91H115F3N18O21S. The monoisotopic (exact) mass is 1880 g/mol. The van der Waals surface area contributed by atoms with E-state index in [4.69, 9.17) is 17.2 Å². The zero-order chi connectivity index (χ0) is 98.1. The van der Waals surface area contributed by atoms with Gasteiger partial charge in [-0.1, -0.05) is 125 Å². The fourth-order valence-electron chi connectivity index (χ4n) is 16.2. The SMILES string of the molecule is CCCC[C@H]1C(=O)N2C[C@H](O)C[C@@H]2C(=O)N[C@@H](CC(=O)O)C(=O)N[C@@H](C(C)C)C(=O)N(C)[C@H](Cc2ccccc2)C(=O)N[C@@H](CC(N)=O)C(=O)N2C[C@H](O)C[C@@H]2C(=O)N[C@@H](Cc2c[nH]c3ccccc23)C(=O)N[C@@H](Cc2ccc(O)cc2)C(=O)N[C@@H](CCCN)C(=O)N[C@H](C(=O)NCC(N)=O)CSCC(=O)N[C@@H](Cc2cc(F)c(F)c(F)c2)C(=O)N(C)[C@@H](Cc2ccccc2)C(=O)N1C. The van der Waals surface area contributed by atoms with E-state index in [-0.39, 0.29) is 57.2 Å². The van der Waals surface area contributed by atoms with Crippen LogP contribution in [0.5, 0.6) is 5.75 Å². The Morgan fingerprint density at radius 2 is 1.01 bits per heavy atom. The largest absolute Gasteiger partial charge is 0.508 e. The van der Waals surface area contributed by atoms with Gasteiger partial charge in [0.2, 0.25) is 94.5 Å². The second-order valence-electron chi connectivity index (χ2n) is 33.8. The smallest absolute Gasteiger partial charge is 0.305 e. The number of primary amides is 2. The lowest BCUT2D eigenvalue weighted by Crippen LogP contribution is -2.62. The van der Waals surface area contributed by atoms with E-state index in [0.717, 1.165) is 38.6 Å². The number of thioether (sulfide) groups is 1. The molecule has 0 aliphatic carbocycles. The number of hydrogen-bond donors (Lipinski definition) is 17. The molecule has 134 heavy (non-hydrogen) atoms. The number of phenolic OH excluding ortho intramolecular Hbond substituents is 1. The van der Waals surface area contributed by atoms with Crippen molar-refractivity contribution in [2.24, 2.45) is 23.1 Å². The van der Waals surface area contributed by atoms with Gasteiger partial charge in [0.05, 0.1) is 37.3 Å². The van der Waals surface area contributed by atoms with Crippen molar-refractivity contribution in [2.75, 3.05) is 58.8 Å². The molecule has 3 fully saturated rings. The number of unbranched alkanes of at least 4 members (excludes halogenated alkanes) is 1. The summed E-state index contributed by atoms with van der Waals surface area (Å²) in [7, 11) is 3.53. The topological polar surface area (TPSA) is 589 Å². The zero-order valence-corrected chi connectivity index (χ0v) is 75.6. The van der Waals surface area contributed by atoms with E-state index in [1.807, 2.05) is 0 Å². The number of fused-ring (bicyclic) bond motifs is 3.